The van der Waals surface area contributed by atoms with E-state index in [1.54, 1.807) is 6.92 Å². The first-order chi connectivity index (χ1) is 8.57. The van der Waals surface area contributed by atoms with Crippen molar-refractivity contribution in [3.05, 3.63) is 48.0 Å². The second-order valence-electron chi connectivity index (χ2n) is 4.27. The van der Waals surface area contributed by atoms with Gasteiger partial charge in [0.25, 0.3) is 0 Å². The van der Waals surface area contributed by atoms with E-state index in [-0.39, 0.29) is 0 Å². The summed E-state index contributed by atoms with van der Waals surface area (Å²) in [6.07, 6.45) is 0. The predicted molar refractivity (Wildman–Crippen MR) is 68.7 cm³/mol. The summed E-state index contributed by atoms with van der Waals surface area (Å²) < 4.78 is 5.18. The molecule has 3 heteroatoms. The fourth-order valence-electron chi connectivity index (χ4n) is 2.07. The Hall–Kier alpha value is -2.34. The van der Waals surface area contributed by atoms with Gasteiger partial charge in [0.15, 0.2) is 0 Å². The molecule has 0 fully saturated rings. The summed E-state index contributed by atoms with van der Waals surface area (Å²) in [7, 11) is 0. The Balaban J connectivity index is 2.66. The second kappa shape index (κ2) is 4.50. The molecule has 0 bridgehead atoms. The normalized spacial score (nSPS) is 13.6. The van der Waals surface area contributed by atoms with Crippen LogP contribution >= 0.6 is 0 Å². The van der Waals surface area contributed by atoms with Crippen molar-refractivity contribution >= 4 is 16.7 Å². The van der Waals surface area contributed by atoms with Gasteiger partial charge in [-0.3, -0.25) is 4.79 Å². The minimum absolute atomic E-state index is 0.466. The minimum atomic E-state index is -1.26. The van der Waals surface area contributed by atoms with Gasteiger partial charge >= 0.3 is 5.97 Å². The van der Waals surface area contributed by atoms with E-state index < -0.39 is 11.6 Å². The van der Waals surface area contributed by atoms with Crippen molar-refractivity contribution in [3.8, 4) is 6.07 Å². The number of ether oxygens (including phenoxy) is 1. The van der Waals surface area contributed by atoms with Gasteiger partial charge in [-0.25, -0.2) is 0 Å². The molecular weight excluding hydrogens is 226 g/mol. The molecule has 0 aliphatic carbocycles. The third kappa shape index (κ3) is 2.05. The molecule has 1 unspecified atom stereocenters. The maximum atomic E-state index is 11.2. The summed E-state index contributed by atoms with van der Waals surface area (Å²) in [5.74, 6) is -0.466. The predicted octanol–water partition coefficient (Wildman–Crippen LogP) is 3.14. The van der Waals surface area contributed by atoms with Crippen LogP contribution in [0.4, 0.5) is 0 Å². The molecule has 0 spiro atoms. The molecule has 18 heavy (non-hydrogen) atoms. The van der Waals surface area contributed by atoms with Crippen molar-refractivity contribution in [1.29, 1.82) is 5.26 Å². The Morgan fingerprint density at radius 3 is 2.56 bits per heavy atom. The van der Waals surface area contributed by atoms with E-state index in [2.05, 4.69) is 6.07 Å². The van der Waals surface area contributed by atoms with Crippen LogP contribution < -0.4 is 0 Å². The summed E-state index contributed by atoms with van der Waals surface area (Å²) >= 11 is 0. The molecule has 1 atom stereocenters. The SMILES string of the molecule is CC(=O)OC(C)(C#N)c1cccc2ccccc12. The number of hydrogen-bond donors (Lipinski definition) is 0. The van der Waals surface area contributed by atoms with E-state index >= 15 is 0 Å². The zero-order chi connectivity index (χ0) is 13.2. The number of fused-ring (bicyclic) bond motifs is 1. The van der Waals surface area contributed by atoms with Crippen molar-refractivity contribution in [2.45, 2.75) is 19.4 Å². The lowest BCUT2D eigenvalue weighted by atomic mass is 9.92. The Bertz CT molecular complexity index is 637. The molecule has 3 nitrogen and oxygen atoms in total. The van der Waals surface area contributed by atoms with Crippen molar-refractivity contribution in [3.63, 3.8) is 0 Å². The summed E-state index contributed by atoms with van der Waals surface area (Å²) in [6.45, 7) is 2.91. The van der Waals surface area contributed by atoms with E-state index in [1.807, 2.05) is 42.5 Å². The van der Waals surface area contributed by atoms with Crippen molar-refractivity contribution in [2.24, 2.45) is 0 Å². The fourth-order valence-corrected chi connectivity index (χ4v) is 2.07. The second-order valence-corrected chi connectivity index (χ2v) is 4.27. The third-order valence-corrected chi connectivity index (χ3v) is 2.86. The average Bonchev–Trinajstić information content (AvgIpc) is 2.37. The van der Waals surface area contributed by atoms with Gasteiger partial charge in [-0.1, -0.05) is 42.5 Å². The molecule has 0 radical (unpaired) electrons. The standard InChI is InChI=1S/C15H13NO2/c1-11(17)18-15(2,10-16)14-9-5-7-12-6-3-4-8-13(12)14/h3-9H,1-2H3. The van der Waals surface area contributed by atoms with Gasteiger partial charge in [0.2, 0.25) is 5.60 Å². The van der Waals surface area contributed by atoms with Crippen molar-refractivity contribution in [1.82, 2.24) is 0 Å². The van der Waals surface area contributed by atoms with Crippen molar-refractivity contribution in [2.75, 3.05) is 0 Å². The van der Waals surface area contributed by atoms with Crippen LogP contribution in [0.1, 0.15) is 19.4 Å². The number of carbonyl (C=O) groups is 1. The molecule has 0 saturated heterocycles. The number of benzene rings is 2. The largest absolute Gasteiger partial charge is 0.440 e. The van der Waals surface area contributed by atoms with E-state index in [0.717, 1.165) is 10.8 Å². The maximum absolute atomic E-state index is 11.2. The van der Waals surface area contributed by atoms with Gasteiger partial charge in [-0.15, -0.1) is 0 Å². The molecule has 0 aromatic heterocycles. The Morgan fingerprint density at radius 2 is 1.89 bits per heavy atom. The first kappa shape index (κ1) is 12.1. The third-order valence-electron chi connectivity index (χ3n) is 2.86. The molecule has 0 N–H and O–H groups in total. The highest BCUT2D eigenvalue weighted by Crippen LogP contribution is 2.31. The lowest BCUT2D eigenvalue weighted by molar-refractivity contribution is -0.151. The summed E-state index contributed by atoms with van der Waals surface area (Å²) in [5.41, 5.74) is -0.550. The van der Waals surface area contributed by atoms with E-state index in [0.29, 0.717) is 5.56 Å². The monoisotopic (exact) mass is 239 g/mol. The van der Waals surface area contributed by atoms with Crippen LogP contribution in [0.3, 0.4) is 0 Å². The minimum Gasteiger partial charge on any atom is -0.440 e. The fraction of sp³-hybridized carbons (Fsp3) is 0.200. The van der Waals surface area contributed by atoms with Crippen molar-refractivity contribution < 1.29 is 9.53 Å². The van der Waals surface area contributed by atoms with Gasteiger partial charge in [0.05, 0.1) is 0 Å². The number of nitrogens with zero attached hydrogens (tertiary/aromatic N) is 1. The Morgan fingerprint density at radius 1 is 1.22 bits per heavy atom. The van der Waals surface area contributed by atoms with Crippen LogP contribution in [0, 0.1) is 11.3 Å². The van der Waals surface area contributed by atoms with Gasteiger partial charge in [-0.2, -0.15) is 5.26 Å². The number of rotatable bonds is 2. The molecule has 2 rings (SSSR count). The van der Waals surface area contributed by atoms with Gasteiger partial charge < -0.3 is 4.74 Å². The molecule has 0 heterocycles. The Labute approximate surface area is 106 Å². The average molecular weight is 239 g/mol. The zero-order valence-corrected chi connectivity index (χ0v) is 10.3. The van der Waals surface area contributed by atoms with Gasteiger partial charge in [0, 0.05) is 12.5 Å². The number of esters is 1. The number of carbonyl (C=O) groups excluding carboxylic acids is 1. The first-order valence-electron chi connectivity index (χ1n) is 5.66. The zero-order valence-electron chi connectivity index (χ0n) is 10.3. The number of hydrogen-bond acceptors (Lipinski definition) is 3. The highest BCUT2D eigenvalue weighted by atomic mass is 16.6. The van der Waals surface area contributed by atoms with Gasteiger partial charge in [-0.05, 0) is 17.7 Å². The lowest BCUT2D eigenvalue weighted by Gasteiger charge is -2.23. The molecule has 2 aromatic rings. The summed E-state index contributed by atoms with van der Waals surface area (Å²) in [6, 6.07) is 15.4. The molecule has 0 saturated carbocycles. The Kier molecular flexibility index (Phi) is 3.03. The van der Waals surface area contributed by atoms with Crippen LogP contribution in [0.2, 0.25) is 0 Å². The molecule has 0 aliphatic heterocycles. The van der Waals surface area contributed by atoms with Crippen LogP contribution in [0.25, 0.3) is 10.8 Å². The van der Waals surface area contributed by atoms with Crippen LogP contribution in [-0.2, 0) is 15.1 Å². The molecular formula is C15H13NO2. The molecule has 0 amide bonds. The maximum Gasteiger partial charge on any atom is 0.304 e. The van der Waals surface area contributed by atoms with E-state index in [9.17, 15) is 10.1 Å². The van der Waals surface area contributed by atoms with E-state index in [4.69, 9.17) is 4.74 Å². The van der Waals surface area contributed by atoms with Crippen LogP contribution in [0.5, 0.6) is 0 Å². The lowest BCUT2D eigenvalue weighted by Crippen LogP contribution is -2.26. The van der Waals surface area contributed by atoms with E-state index in [1.165, 1.54) is 6.92 Å². The topological polar surface area (TPSA) is 50.1 Å². The summed E-state index contributed by atoms with van der Waals surface area (Å²) in [4.78, 5) is 11.2. The quantitative estimate of drug-likeness (QED) is 0.756. The summed E-state index contributed by atoms with van der Waals surface area (Å²) in [5, 5.41) is 11.3. The molecule has 0 aliphatic rings. The first-order valence-corrected chi connectivity index (χ1v) is 5.66. The number of nitriles is 1. The highest BCUT2D eigenvalue weighted by Gasteiger charge is 2.31. The molecule has 90 valence electrons. The van der Waals surface area contributed by atoms with Crippen LogP contribution in [-0.4, -0.2) is 5.97 Å². The smallest absolute Gasteiger partial charge is 0.304 e. The van der Waals surface area contributed by atoms with Crippen LogP contribution in [0.15, 0.2) is 42.5 Å². The highest BCUT2D eigenvalue weighted by molar-refractivity contribution is 5.87. The molecule has 2 aromatic carbocycles. The van der Waals surface area contributed by atoms with Gasteiger partial charge in [0.1, 0.15) is 6.07 Å².